The quantitative estimate of drug-likeness (QED) is 0.870. The monoisotopic (exact) mass is 308 g/mol. The van der Waals surface area contributed by atoms with E-state index in [1.807, 2.05) is 6.07 Å². The summed E-state index contributed by atoms with van der Waals surface area (Å²) in [7, 11) is 1.66. The van der Waals surface area contributed by atoms with E-state index in [0.29, 0.717) is 18.7 Å². The van der Waals surface area contributed by atoms with Crippen LogP contribution in [-0.4, -0.2) is 37.2 Å². The number of halogens is 1. The number of rotatable bonds is 6. The molecule has 0 bridgehead atoms. The zero-order valence-electron chi connectivity index (χ0n) is 14.2. The molecule has 0 spiro atoms. The minimum absolute atomic E-state index is 0.193. The number of benzene rings is 1. The lowest BCUT2D eigenvalue weighted by Gasteiger charge is -2.44. The molecule has 0 aromatic heterocycles. The van der Waals surface area contributed by atoms with Gasteiger partial charge in [-0.1, -0.05) is 19.9 Å². The van der Waals surface area contributed by atoms with Crippen LogP contribution in [-0.2, 0) is 11.3 Å². The van der Waals surface area contributed by atoms with Gasteiger partial charge in [-0.3, -0.25) is 4.90 Å². The van der Waals surface area contributed by atoms with Gasteiger partial charge in [0, 0.05) is 38.3 Å². The van der Waals surface area contributed by atoms with Crippen LogP contribution in [0.1, 0.15) is 50.8 Å². The second-order valence-corrected chi connectivity index (χ2v) is 6.22. The molecule has 1 N–H and O–H groups in total. The molecule has 1 aliphatic heterocycles. The molecule has 0 aliphatic carbocycles. The molecule has 2 rings (SSSR count). The van der Waals surface area contributed by atoms with Gasteiger partial charge < -0.3 is 10.1 Å². The number of hydrogen-bond donors (Lipinski definition) is 1. The van der Waals surface area contributed by atoms with Crippen LogP contribution in [0, 0.1) is 5.82 Å². The fourth-order valence-electron chi connectivity index (χ4n) is 3.46. The first-order valence-corrected chi connectivity index (χ1v) is 8.37. The topological polar surface area (TPSA) is 24.5 Å². The number of ether oxygens (including phenoxy) is 1. The summed E-state index contributed by atoms with van der Waals surface area (Å²) in [5, 5.41) is 3.63. The average Bonchev–Trinajstić information content (AvgIpc) is 2.54. The van der Waals surface area contributed by atoms with Crippen molar-refractivity contribution in [1.29, 1.82) is 0 Å². The molecule has 3 nitrogen and oxygen atoms in total. The highest BCUT2D eigenvalue weighted by Gasteiger charge is 2.30. The van der Waals surface area contributed by atoms with Gasteiger partial charge in [0.25, 0.3) is 0 Å². The van der Waals surface area contributed by atoms with Gasteiger partial charge in [-0.2, -0.15) is 0 Å². The van der Waals surface area contributed by atoms with Crippen LogP contribution in [0.3, 0.4) is 0 Å². The molecule has 1 aliphatic rings. The Bertz CT molecular complexity index is 480. The molecule has 1 aromatic rings. The third-order valence-corrected chi connectivity index (χ3v) is 4.86. The molecule has 1 fully saturated rings. The first-order chi connectivity index (χ1) is 10.6. The van der Waals surface area contributed by atoms with Crippen LogP contribution in [0.15, 0.2) is 18.2 Å². The number of nitrogens with one attached hydrogen (secondary N) is 1. The van der Waals surface area contributed by atoms with Gasteiger partial charge in [0.05, 0.1) is 6.61 Å². The molecule has 1 unspecified atom stereocenters. The molecule has 0 radical (unpaired) electrons. The van der Waals surface area contributed by atoms with E-state index in [4.69, 9.17) is 4.74 Å². The van der Waals surface area contributed by atoms with E-state index < -0.39 is 0 Å². The molecule has 124 valence electrons. The molecule has 1 aromatic carbocycles. The molecule has 1 saturated heterocycles. The van der Waals surface area contributed by atoms with Gasteiger partial charge in [0.1, 0.15) is 5.82 Å². The Labute approximate surface area is 133 Å². The van der Waals surface area contributed by atoms with Gasteiger partial charge in [0.15, 0.2) is 0 Å². The summed E-state index contributed by atoms with van der Waals surface area (Å²) >= 11 is 0. The second kappa shape index (κ2) is 8.04. The van der Waals surface area contributed by atoms with Crippen molar-refractivity contribution in [3.63, 3.8) is 0 Å². The van der Waals surface area contributed by atoms with Crippen molar-refractivity contribution >= 4 is 0 Å². The summed E-state index contributed by atoms with van der Waals surface area (Å²) in [4.78, 5) is 2.57. The van der Waals surface area contributed by atoms with Gasteiger partial charge in [-0.15, -0.1) is 0 Å². The van der Waals surface area contributed by atoms with Gasteiger partial charge in [0.2, 0.25) is 0 Å². The van der Waals surface area contributed by atoms with E-state index in [1.54, 1.807) is 19.2 Å². The van der Waals surface area contributed by atoms with Crippen LogP contribution in [0.5, 0.6) is 0 Å². The zero-order chi connectivity index (χ0) is 16.1. The zero-order valence-corrected chi connectivity index (χ0v) is 14.2. The van der Waals surface area contributed by atoms with Crippen molar-refractivity contribution in [2.24, 2.45) is 0 Å². The SMILES string of the molecule is CC[C@H]1CN(C(C)c2ccc(F)cc2COC)[C@H](CC)CN1. The van der Waals surface area contributed by atoms with Crippen molar-refractivity contribution < 1.29 is 9.13 Å². The average molecular weight is 308 g/mol. The third kappa shape index (κ3) is 3.86. The maximum atomic E-state index is 13.6. The highest BCUT2D eigenvalue weighted by molar-refractivity contribution is 5.30. The van der Waals surface area contributed by atoms with E-state index in [9.17, 15) is 4.39 Å². The number of piperazine rings is 1. The lowest BCUT2D eigenvalue weighted by Crippen LogP contribution is -2.56. The van der Waals surface area contributed by atoms with Crippen LogP contribution < -0.4 is 5.32 Å². The highest BCUT2D eigenvalue weighted by atomic mass is 19.1. The lowest BCUT2D eigenvalue weighted by atomic mass is 9.96. The molecule has 0 saturated carbocycles. The molecule has 3 atom stereocenters. The van der Waals surface area contributed by atoms with Crippen LogP contribution in [0.4, 0.5) is 4.39 Å². The molecule has 22 heavy (non-hydrogen) atoms. The first-order valence-electron chi connectivity index (χ1n) is 8.37. The molecule has 0 amide bonds. The Morgan fingerprint density at radius 1 is 1.36 bits per heavy atom. The van der Waals surface area contributed by atoms with Gasteiger partial charge in [-0.05, 0) is 43.0 Å². The number of methoxy groups -OCH3 is 1. The minimum Gasteiger partial charge on any atom is -0.380 e. The van der Waals surface area contributed by atoms with E-state index in [2.05, 4.69) is 31.0 Å². The predicted octanol–water partition coefficient (Wildman–Crippen LogP) is 3.50. The molecular weight excluding hydrogens is 279 g/mol. The Hall–Kier alpha value is -0.970. The predicted molar refractivity (Wildman–Crippen MR) is 88.4 cm³/mol. The summed E-state index contributed by atoms with van der Waals surface area (Å²) in [6.07, 6.45) is 2.25. The summed E-state index contributed by atoms with van der Waals surface area (Å²) < 4.78 is 18.8. The Balaban J connectivity index is 2.26. The van der Waals surface area contributed by atoms with Crippen molar-refractivity contribution in [3.8, 4) is 0 Å². The Morgan fingerprint density at radius 2 is 2.14 bits per heavy atom. The number of nitrogens with zero attached hydrogens (tertiary/aromatic N) is 1. The summed E-state index contributed by atoms with van der Waals surface area (Å²) in [6.45, 7) is 9.21. The minimum atomic E-state index is -0.193. The maximum absolute atomic E-state index is 13.6. The van der Waals surface area contributed by atoms with E-state index in [1.165, 1.54) is 5.56 Å². The highest BCUT2D eigenvalue weighted by Crippen LogP contribution is 2.29. The fraction of sp³-hybridized carbons (Fsp3) is 0.667. The van der Waals surface area contributed by atoms with Crippen molar-refractivity contribution in [2.45, 2.75) is 58.3 Å². The summed E-state index contributed by atoms with van der Waals surface area (Å²) in [5.41, 5.74) is 2.13. The summed E-state index contributed by atoms with van der Waals surface area (Å²) in [6, 6.07) is 6.42. The standard InChI is InChI=1S/C18H29FN2O/c1-5-16-11-21(17(6-2)10-20-16)13(3)18-8-7-15(19)9-14(18)12-22-4/h7-9,13,16-17,20H,5-6,10-12H2,1-4H3/t13?,16-,17+/m0/s1. The smallest absolute Gasteiger partial charge is 0.123 e. The third-order valence-electron chi connectivity index (χ3n) is 4.86. The normalized spacial score (nSPS) is 24.4. The fourth-order valence-corrected chi connectivity index (χ4v) is 3.46. The van der Waals surface area contributed by atoms with Crippen LogP contribution in [0.25, 0.3) is 0 Å². The van der Waals surface area contributed by atoms with Crippen LogP contribution >= 0.6 is 0 Å². The van der Waals surface area contributed by atoms with Crippen molar-refractivity contribution in [2.75, 3.05) is 20.2 Å². The molecule has 4 heteroatoms. The Kier molecular flexibility index (Phi) is 6.36. The van der Waals surface area contributed by atoms with Crippen molar-refractivity contribution in [3.05, 3.63) is 35.1 Å². The van der Waals surface area contributed by atoms with Gasteiger partial charge in [-0.25, -0.2) is 4.39 Å². The van der Waals surface area contributed by atoms with Crippen molar-refractivity contribution in [1.82, 2.24) is 10.2 Å². The van der Waals surface area contributed by atoms with E-state index >= 15 is 0 Å². The van der Waals surface area contributed by atoms with E-state index in [0.717, 1.165) is 31.5 Å². The first kappa shape index (κ1) is 17.4. The number of hydrogen-bond acceptors (Lipinski definition) is 3. The van der Waals surface area contributed by atoms with E-state index in [-0.39, 0.29) is 11.9 Å². The Morgan fingerprint density at radius 3 is 2.77 bits per heavy atom. The second-order valence-electron chi connectivity index (χ2n) is 6.22. The largest absolute Gasteiger partial charge is 0.380 e. The lowest BCUT2D eigenvalue weighted by molar-refractivity contribution is 0.0833. The molecular formula is C18H29FN2O. The summed E-state index contributed by atoms with van der Waals surface area (Å²) in [5.74, 6) is -0.193. The maximum Gasteiger partial charge on any atom is 0.123 e. The van der Waals surface area contributed by atoms with Crippen LogP contribution in [0.2, 0.25) is 0 Å². The van der Waals surface area contributed by atoms with Gasteiger partial charge >= 0.3 is 0 Å². The molecule has 1 heterocycles.